The lowest BCUT2D eigenvalue weighted by molar-refractivity contribution is -0.140. The van der Waals surface area contributed by atoms with Gasteiger partial charge in [-0.1, -0.05) is 24.8 Å². The highest BCUT2D eigenvalue weighted by atomic mass is 16.6. The molecule has 1 aromatic rings. The van der Waals surface area contributed by atoms with Gasteiger partial charge in [-0.15, -0.1) is 0 Å². The maximum absolute atomic E-state index is 11.2. The molecule has 36 heavy (non-hydrogen) atoms. The molecule has 0 amide bonds. The molecule has 0 atom stereocenters. The van der Waals surface area contributed by atoms with Gasteiger partial charge in [0, 0.05) is 5.57 Å². The van der Waals surface area contributed by atoms with Crippen LogP contribution in [0.15, 0.2) is 42.5 Å². The lowest BCUT2D eigenvalue weighted by Crippen LogP contribution is -2.15. The maximum atomic E-state index is 11.2. The van der Waals surface area contributed by atoms with Crippen molar-refractivity contribution >= 4 is 5.97 Å². The molecular formula is C26H42O10. The quantitative estimate of drug-likeness (QED) is 0.104. The zero-order valence-electron chi connectivity index (χ0n) is 21.5. The van der Waals surface area contributed by atoms with E-state index in [-0.39, 0.29) is 6.61 Å². The van der Waals surface area contributed by atoms with Crippen LogP contribution in [0.4, 0.5) is 0 Å². The van der Waals surface area contributed by atoms with E-state index >= 15 is 0 Å². The molecule has 10 nitrogen and oxygen atoms in total. The molecule has 0 fully saturated rings. The highest BCUT2D eigenvalue weighted by Gasteiger charge is 2.01. The van der Waals surface area contributed by atoms with Crippen molar-refractivity contribution in [2.24, 2.45) is 0 Å². The van der Waals surface area contributed by atoms with Gasteiger partial charge in [0.05, 0.1) is 92.5 Å². The van der Waals surface area contributed by atoms with Crippen LogP contribution in [0.1, 0.15) is 6.92 Å². The van der Waals surface area contributed by atoms with Crippen LogP contribution in [0, 0.1) is 0 Å². The summed E-state index contributed by atoms with van der Waals surface area (Å²) in [6, 6.07) is 9.65. The van der Waals surface area contributed by atoms with Gasteiger partial charge in [-0.3, -0.25) is 0 Å². The molecule has 0 saturated carbocycles. The second kappa shape index (κ2) is 24.6. The van der Waals surface area contributed by atoms with E-state index in [1.165, 1.54) is 0 Å². The predicted molar refractivity (Wildman–Crippen MR) is 133 cm³/mol. The molecular weight excluding hydrogens is 472 g/mol. The number of ether oxygens (including phenoxy) is 9. The van der Waals surface area contributed by atoms with Crippen molar-refractivity contribution in [3.8, 4) is 5.75 Å². The van der Waals surface area contributed by atoms with Gasteiger partial charge in [0.1, 0.15) is 19.0 Å². The highest BCUT2D eigenvalue weighted by Crippen LogP contribution is 2.07. The van der Waals surface area contributed by atoms with Crippen LogP contribution in [0.2, 0.25) is 0 Å². The molecule has 1 aromatic carbocycles. The number of para-hydroxylation sites is 1. The van der Waals surface area contributed by atoms with E-state index in [0.717, 1.165) is 5.75 Å². The summed E-state index contributed by atoms with van der Waals surface area (Å²) in [7, 11) is 0. The molecule has 0 aromatic heterocycles. The molecule has 0 radical (unpaired) electrons. The van der Waals surface area contributed by atoms with E-state index < -0.39 is 5.97 Å². The van der Waals surface area contributed by atoms with Crippen molar-refractivity contribution in [3.05, 3.63) is 42.5 Å². The second-order valence-electron chi connectivity index (χ2n) is 7.36. The lowest BCUT2D eigenvalue weighted by Gasteiger charge is -2.09. The van der Waals surface area contributed by atoms with E-state index in [1.54, 1.807) is 6.92 Å². The van der Waals surface area contributed by atoms with Crippen molar-refractivity contribution < 1.29 is 47.4 Å². The second-order valence-corrected chi connectivity index (χ2v) is 7.36. The minimum absolute atomic E-state index is 0.204. The Morgan fingerprint density at radius 2 is 0.889 bits per heavy atom. The summed E-state index contributed by atoms with van der Waals surface area (Å²) in [6.45, 7) is 12.6. The van der Waals surface area contributed by atoms with Gasteiger partial charge in [-0.05, 0) is 19.1 Å². The topological polar surface area (TPSA) is 100 Å². The highest BCUT2D eigenvalue weighted by molar-refractivity contribution is 5.86. The Morgan fingerprint density at radius 3 is 1.25 bits per heavy atom. The fourth-order valence-electron chi connectivity index (χ4n) is 2.47. The summed E-state index contributed by atoms with van der Waals surface area (Å²) in [4.78, 5) is 11.2. The fourth-order valence-corrected chi connectivity index (χ4v) is 2.47. The molecule has 206 valence electrons. The number of rotatable bonds is 26. The van der Waals surface area contributed by atoms with Gasteiger partial charge < -0.3 is 42.6 Å². The minimum Gasteiger partial charge on any atom is -0.491 e. The Kier molecular flexibility index (Phi) is 21.9. The summed E-state index contributed by atoms with van der Waals surface area (Å²) in [5, 5.41) is 0. The first-order valence-corrected chi connectivity index (χ1v) is 12.2. The van der Waals surface area contributed by atoms with Crippen molar-refractivity contribution in [1.29, 1.82) is 0 Å². The Bertz CT molecular complexity index is 641. The van der Waals surface area contributed by atoms with E-state index in [2.05, 4.69) is 6.58 Å². The normalized spacial score (nSPS) is 10.9. The molecule has 0 N–H and O–H groups in total. The average molecular weight is 515 g/mol. The number of benzene rings is 1. The Balaban J connectivity index is 1.66. The van der Waals surface area contributed by atoms with Crippen molar-refractivity contribution in [2.75, 3.05) is 106 Å². The van der Waals surface area contributed by atoms with E-state index in [4.69, 9.17) is 42.6 Å². The molecule has 0 saturated heterocycles. The van der Waals surface area contributed by atoms with Crippen LogP contribution in [-0.2, 0) is 42.7 Å². The minimum atomic E-state index is -0.409. The van der Waals surface area contributed by atoms with Gasteiger partial charge in [0.25, 0.3) is 0 Å². The van der Waals surface area contributed by atoms with Crippen LogP contribution in [0.3, 0.4) is 0 Å². The average Bonchev–Trinajstić information content (AvgIpc) is 2.89. The summed E-state index contributed by atoms with van der Waals surface area (Å²) < 4.78 is 48.3. The molecule has 0 aliphatic heterocycles. The number of hydrogen-bond donors (Lipinski definition) is 0. The van der Waals surface area contributed by atoms with Gasteiger partial charge in [-0.25, -0.2) is 4.79 Å². The molecule has 0 aliphatic carbocycles. The molecule has 0 aliphatic rings. The first-order chi connectivity index (χ1) is 17.7. The Hall–Kier alpha value is -2.05. The zero-order chi connectivity index (χ0) is 25.9. The monoisotopic (exact) mass is 514 g/mol. The van der Waals surface area contributed by atoms with Gasteiger partial charge >= 0.3 is 5.97 Å². The molecule has 0 bridgehead atoms. The van der Waals surface area contributed by atoms with Crippen LogP contribution >= 0.6 is 0 Å². The summed E-state index contributed by atoms with van der Waals surface area (Å²) in [5.41, 5.74) is 0.373. The van der Waals surface area contributed by atoms with Crippen LogP contribution in [0.5, 0.6) is 5.75 Å². The van der Waals surface area contributed by atoms with Crippen LogP contribution in [-0.4, -0.2) is 112 Å². The van der Waals surface area contributed by atoms with Crippen LogP contribution < -0.4 is 4.74 Å². The fraction of sp³-hybridized carbons (Fsp3) is 0.654. The first-order valence-electron chi connectivity index (χ1n) is 12.2. The molecule has 10 heteroatoms. The maximum Gasteiger partial charge on any atom is 0.333 e. The zero-order valence-corrected chi connectivity index (χ0v) is 21.5. The third-order valence-corrected chi connectivity index (χ3v) is 4.28. The van der Waals surface area contributed by atoms with Gasteiger partial charge in [0.15, 0.2) is 0 Å². The number of esters is 1. The molecule has 0 heterocycles. The van der Waals surface area contributed by atoms with Crippen molar-refractivity contribution in [3.63, 3.8) is 0 Å². The van der Waals surface area contributed by atoms with Crippen LogP contribution in [0.25, 0.3) is 0 Å². The molecule has 1 rings (SSSR count). The standard InChI is InChI=1S/C26H42O10/c1-24(2)26(27)36-23-21-34-19-17-32-15-13-30-11-9-28-8-10-29-12-14-31-16-18-33-20-22-35-25-6-4-3-5-7-25/h3-7H,1,8-23H2,2H3. The third-order valence-electron chi connectivity index (χ3n) is 4.28. The Labute approximate surface area is 214 Å². The largest absolute Gasteiger partial charge is 0.491 e. The van der Waals surface area contributed by atoms with E-state index in [9.17, 15) is 4.79 Å². The number of carbonyl (C=O) groups excluding carboxylic acids is 1. The van der Waals surface area contributed by atoms with Crippen molar-refractivity contribution in [2.45, 2.75) is 6.92 Å². The SMILES string of the molecule is C=C(C)C(=O)OCCOCCOCCOCCOCCOCCOCCOCCOc1ccccc1. The van der Waals surface area contributed by atoms with E-state index in [0.29, 0.717) is 105 Å². The lowest BCUT2D eigenvalue weighted by atomic mass is 10.3. The summed E-state index contributed by atoms with van der Waals surface area (Å²) in [5.74, 6) is 0.432. The predicted octanol–water partition coefficient (Wildman–Crippen LogP) is 2.30. The third kappa shape index (κ3) is 21.3. The van der Waals surface area contributed by atoms with Crippen molar-refractivity contribution in [1.82, 2.24) is 0 Å². The smallest absolute Gasteiger partial charge is 0.333 e. The van der Waals surface area contributed by atoms with Gasteiger partial charge in [-0.2, -0.15) is 0 Å². The molecule has 0 spiro atoms. The van der Waals surface area contributed by atoms with E-state index in [1.807, 2.05) is 30.3 Å². The first kappa shape index (κ1) is 32.0. The summed E-state index contributed by atoms with van der Waals surface area (Å²) >= 11 is 0. The molecule has 0 unspecified atom stereocenters. The van der Waals surface area contributed by atoms with Gasteiger partial charge in [0.2, 0.25) is 0 Å². The summed E-state index contributed by atoms with van der Waals surface area (Å²) in [6.07, 6.45) is 0. The number of hydrogen-bond acceptors (Lipinski definition) is 10. The number of carbonyl (C=O) groups is 1. The Morgan fingerprint density at radius 1 is 0.556 bits per heavy atom.